The summed E-state index contributed by atoms with van der Waals surface area (Å²) in [6.07, 6.45) is 5.31. The molecule has 36 heavy (non-hydrogen) atoms. The van der Waals surface area contributed by atoms with Crippen LogP contribution in [0.15, 0.2) is 42.5 Å². The molecule has 0 spiro atoms. The van der Waals surface area contributed by atoms with E-state index in [4.69, 9.17) is 34.8 Å². The van der Waals surface area contributed by atoms with Crippen LogP contribution in [0.5, 0.6) is 0 Å². The van der Waals surface area contributed by atoms with Gasteiger partial charge in [0, 0.05) is 17.6 Å². The van der Waals surface area contributed by atoms with Crippen molar-refractivity contribution in [2.24, 2.45) is 0 Å². The number of carbonyl (C=O) groups excluding carboxylic acids is 2. The first-order valence-electron chi connectivity index (χ1n) is 11.8. The van der Waals surface area contributed by atoms with Gasteiger partial charge in [0.1, 0.15) is 12.6 Å². The van der Waals surface area contributed by atoms with Gasteiger partial charge in [0.15, 0.2) is 0 Å². The van der Waals surface area contributed by atoms with Gasteiger partial charge in [-0.3, -0.25) is 13.9 Å². The lowest BCUT2D eigenvalue weighted by Crippen LogP contribution is -2.53. The van der Waals surface area contributed by atoms with E-state index in [9.17, 15) is 18.0 Å². The van der Waals surface area contributed by atoms with Crippen molar-refractivity contribution in [1.29, 1.82) is 0 Å². The number of nitrogens with zero attached hydrogens (tertiary/aromatic N) is 2. The zero-order valence-electron chi connectivity index (χ0n) is 20.2. The molecule has 0 radical (unpaired) electrons. The SMILES string of the molecule is CCC(C(=O)NC1CCCC1)N(Cc1ccc(Cl)cc1)C(=O)CN(c1ccc(Cl)c(Cl)c1)S(C)(=O)=O. The van der Waals surface area contributed by atoms with Crippen LogP contribution in [0, 0.1) is 0 Å². The molecule has 0 saturated heterocycles. The Morgan fingerprint density at radius 1 is 1.03 bits per heavy atom. The van der Waals surface area contributed by atoms with Crippen LogP contribution in [0.25, 0.3) is 0 Å². The molecule has 1 N–H and O–H groups in total. The van der Waals surface area contributed by atoms with Crippen molar-refractivity contribution < 1.29 is 18.0 Å². The van der Waals surface area contributed by atoms with Gasteiger partial charge in [-0.25, -0.2) is 8.42 Å². The van der Waals surface area contributed by atoms with E-state index < -0.39 is 28.5 Å². The van der Waals surface area contributed by atoms with Crippen molar-refractivity contribution >= 4 is 62.3 Å². The van der Waals surface area contributed by atoms with Crippen molar-refractivity contribution in [3.8, 4) is 0 Å². The minimum Gasteiger partial charge on any atom is -0.352 e. The van der Waals surface area contributed by atoms with E-state index in [1.807, 2.05) is 6.92 Å². The third kappa shape index (κ3) is 7.51. The van der Waals surface area contributed by atoms with E-state index in [1.54, 1.807) is 24.3 Å². The van der Waals surface area contributed by atoms with Gasteiger partial charge in [0.2, 0.25) is 21.8 Å². The fourth-order valence-electron chi connectivity index (χ4n) is 4.33. The summed E-state index contributed by atoms with van der Waals surface area (Å²) in [6.45, 7) is 1.44. The minimum atomic E-state index is -3.86. The highest BCUT2D eigenvalue weighted by Crippen LogP contribution is 2.29. The molecule has 0 aromatic heterocycles. The third-order valence-electron chi connectivity index (χ3n) is 6.22. The predicted molar refractivity (Wildman–Crippen MR) is 145 cm³/mol. The molecular weight excluding hydrogens is 545 g/mol. The molecular formula is C25H30Cl3N3O4S. The molecule has 0 heterocycles. The van der Waals surface area contributed by atoms with Crippen molar-refractivity contribution in [3.63, 3.8) is 0 Å². The Bertz CT molecular complexity index is 1190. The number of halogens is 3. The van der Waals surface area contributed by atoms with Gasteiger partial charge in [-0.05, 0) is 55.2 Å². The maximum Gasteiger partial charge on any atom is 0.244 e. The second-order valence-electron chi connectivity index (χ2n) is 8.93. The Kier molecular flexibility index (Phi) is 9.92. The Balaban J connectivity index is 1.92. The van der Waals surface area contributed by atoms with E-state index >= 15 is 0 Å². The summed E-state index contributed by atoms with van der Waals surface area (Å²) in [5.74, 6) is -0.762. The summed E-state index contributed by atoms with van der Waals surface area (Å²) >= 11 is 18.1. The number of nitrogens with one attached hydrogen (secondary N) is 1. The fourth-order valence-corrected chi connectivity index (χ4v) is 5.59. The molecule has 2 aromatic rings. The van der Waals surface area contributed by atoms with Crippen LogP contribution in [-0.4, -0.2) is 50.0 Å². The first-order chi connectivity index (χ1) is 17.0. The van der Waals surface area contributed by atoms with Crippen LogP contribution in [0.1, 0.15) is 44.6 Å². The van der Waals surface area contributed by atoms with Crippen LogP contribution < -0.4 is 9.62 Å². The van der Waals surface area contributed by atoms with Gasteiger partial charge < -0.3 is 10.2 Å². The standard InChI is InChI=1S/C25H30Cl3N3O4S/c1-3-23(25(33)29-19-6-4-5-7-19)30(15-17-8-10-18(26)11-9-17)24(32)16-31(36(2,34)35)20-12-13-21(27)22(28)14-20/h8-14,19,23H,3-7,15-16H2,1-2H3,(H,29,33). The molecule has 0 aliphatic heterocycles. The van der Waals surface area contributed by atoms with E-state index in [1.165, 1.54) is 23.1 Å². The van der Waals surface area contributed by atoms with Gasteiger partial charge in [0.25, 0.3) is 0 Å². The van der Waals surface area contributed by atoms with Crippen molar-refractivity contribution in [2.45, 2.75) is 57.7 Å². The van der Waals surface area contributed by atoms with Crippen molar-refractivity contribution in [1.82, 2.24) is 10.2 Å². The molecule has 196 valence electrons. The van der Waals surface area contributed by atoms with E-state index in [2.05, 4.69) is 5.32 Å². The number of amides is 2. The number of sulfonamides is 1. The summed E-state index contributed by atoms with van der Waals surface area (Å²) in [5, 5.41) is 4.04. The Labute approximate surface area is 227 Å². The van der Waals surface area contributed by atoms with Crippen LogP contribution in [0.4, 0.5) is 5.69 Å². The molecule has 7 nitrogen and oxygen atoms in total. The first kappa shape index (κ1) is 28.6. The van der Waals surface area contributed by atoms with Crippen LogP contribution >= 0.6 is 34.8 Å². The largest absolute Gasteiger partial charge is 0.352 e. The van der Waals surface area contributed by atoms with Crippen LogP contribution in [-0.2, 0) is 26.2 Å². The molecule has 2 aromatic carbocycles. The lowest BCUT2D eigenvalue weighted by molar-refractivity contribution is -0.140. The number of hydrogen-bond donors (Lipinski definition) is 1. The Morgan fingerprint density at radius 3 is 2.22 bits per heavy atom. The second-order valence-corrected chi connectivity index (χ2v) is 12.1. The first-order valence-corrected chi connectivity index (χ1v) is 14.7. The zero-order valence-corrected chi connectivity index (χ0v) is 23.3. The number of benzene rings is 2. The maximum atomic E-state index is 13.7. The van der Waals surface area contributed by atoms with Crippen molar-refractivity contribution in [3.05, 3.63) is 63.1 Å². The lowest BCUT2D eigenvalue weighted by Gasteiger charge is -2.33. The highest BCUT2D eigenvalue weighted by molar-refractivity contribution is 7.92. The summed E-state index contributed by atoms with van der Waals surface area (Å²) in [6, 6.07) is 10.6. The Morgan fingerprint density at radius 2 is 1.67 bits per heavy atom. The summed E-state index contributed by atoms with van der Waals surface area (Å²) in [4.78, 5) is 28.4. The minimum absolute atomic E-state index is 0.0859. The van der Waals surface area contributed by atoms with E-state index in [0.717, 1.165) is 41.8 Å². The van der Waals surface area contributed by atoms with Gasteiger partial charge in [0.05, 0.1) is 22.0 Å². The topological polar surface area (TPSA) is 86.8 Å². The Hall–Kier alpha value is -2.00. The molecule has 1 saturated carbocycles. The second kappa shape index (κ2) is 12.5. The zero-order chi connectivity index (χ0) is 26.5. The number of anilines is 1. The summed E-state index contributed by atoms with van der Waals surface area (Å²) < 4.78 is 26.3. The molecule has 1 aliphatic rings. The van der Waals surface area contributed by atoms with Gasteiger partial charge >= 0.3 is 0 Å². The van der Waals surface area contributed by atoms with E-state index in [-0.39, 0.29) is 34.2 Å². The quantitative estimate of drug-likeness (QED) is 0.418. The lowest BCUT2D eigenvalue weighted by atomic mass is 10.1. The maximum absolute atomic E-state index is 13.7. The van der Waals surface area contributed by atoms with Gasteiger partial charge in [-0.15, -0.1) is 0 Å². The average Bonchev–Trinajstić information content (AvgIpc) is 3.32. The normalized spacial score (nSPS) is 14.9. The highest BCUT2D eigenvalue weighted by Gasteiger charge is 2.33. The van der Waals surface area contributed by atoms with Gasteiger partial charge in [-0.2, -0.15) is 0 Å². The van der Waals surface area contributed by atoms with Crippen LogP contribution in [0.2, 0.25) is 15.1 Å². The molecule has 1 unspecified atom stereocenters. The van der Waals surface area contributed by atoms with Crippen LogP contribution in [0.3, 0.4) is 0 Å². The van der Waals surface area contributed by atoms with Gasteiger partial charge in [-0.1, -0.05) is 66.7 Å². The predicted octanol–water partition coefficient (Wildman–Crippen LogP) is 5.28. The molecule has 11 heteroatoms. The third-order valence-corrected chi connectivity index (χ3v) is 8.36. The highest BCUT2D eigenvalue weighted by atomic mass is 35.5. The number of hydrogen-bond acceptors (Lipinski definition) is 4. The number of carbonyl (C=O) groups is 2. The summed E-state index contributed by atoms with van der Waals surface area (Å²) in [5.41, 5.74) is 0.968. The number of rotatable bonds is 10. The molecule has 1 atom stereocenters. The fraction of sp³-hybridized carbons (Fsp3) is 0.440. The molecule has 1 aliphatic carbocycles. The van der Waals surface area contributed by atoms with Crippen molar-refractivity contribution in [2.75, 3.05) is 17.1 Å². The molecule has 1 fully saturated rings. The monoisotopic (exact) mass is 573 g/mol. The average molecular weight is 575 g/mol. The smallest absolute Gasteiger partial charge is 0.244 e. The van der Waals surface area contributed by atoms with E-state index in [0.29, 0.717) is 11.4 Å². The molecule has 3 rings (SSSR count). The summed E-state index contributed by atoms with van der Waals surface area (Å²) in [7, 11) is -3.86. The molecule has 0 bridgehead atoms. The molecule has 2 amide bonds.